The minimum absolute atomic E-state index is 0.686. The Morgan fingerprint density at radius 1 is 0.793 bits per heavy atom. The van der Waals surface area contributed by atoms with Gasteiger partial charge in [-0.25, -0.2) is 4.98 Å². The lowest BCUT2D eigenvalue weighted by atomic mass is 10.0. The third-order valence-corrected chi connectivity index (χ3v) is 7.20. The normalized spacial score (nSPS) is 30.6. The van der Waals surface area contributed by atoms with Crippen molar-refractivity contribution in [2.24, 2.45) is 23.7 Å². The van der Waals surface area contributed by atoms with Gasteiger partial charge in [0, 0.05) is 58.0 Å². The molecule has 4 saturated heterocycles. The van der Waals surface area contributed by atoms with Crippen LogP contribution in [0.15, 0.2) is 36.5 Å². The predicted octanol–water partition coefficient (Wildman–Crippen LogP) is 1.53. The number of para-hydroxylation sites is 1. The van der Waals surface area contributed by atoms with Gasteiger partial charge in [-0.15, -0.1) is 0 Å². The van der Waals surface area contributed by atoms with Crippen molar-refractivity contribution in [2.75, 3.05) is 67.5 Å². The smallest absolute Gasteiger partial charge is 0.229 e. The number of rotatable bonds is 4. The Bertz CT molecular complexity index is 849. The Hall–Kier alpha value is -2.38. The third-order valence-electron chi connectivity index (χ3n) is 7.20. The van der Waals surface area contributed by atoms with E-state index in [0.717, 1.165) is 87.5 Å². The molecule has 152 valence electrons. The molecule has 4 aliphatic rings. The Labute approximate surface area is 171 Å². The summed E-state index contributed by atoms with van der Waals surface area (Å²) in [5.41, 5.74) is 2.24. The SMILES string of the molecule is c1ccc(Nc2ncc(N3CC4CNCC4C3)c(N3CC4CNCC4C3)n2)cc1. The van der Waals surface area contributed by atoms with Crippen LogP contribution in [0.1, 0.15) is 0 Å². The van der Waals surface area contributed by atoms with Crippen LogP contribution in [0, 0.1) is 23.7 Å². The minimum Gasteiger partial charge on any atom is -0.367 e. The molecule has 7 heteroatoms. The van der Waals surface area contributed by atoms with Gasteiger partial charge >= 0.3 is 0 Å². The maximum Gasteiger partial charge on any atom is 0.229 e. The van der Waals surface area contributed by atoms with Gasteiger partial charge in [-0.1, -0.05) is 18.2 Å². The van der Waals surface area contributed by atoms with Gasteiger partial charge in [0.25, 0.3) is 0 Å². The van der Waals surface area contributed by atoms with Crippen LogP contribution in [0.25, 0.3) is 0 Å². The maximum atomic E-state index is 5.04. The summed E-state index contributed by atoms with van der Waals surface area (Å²) in [7, 11) is 0. The summed E-state index contributed by atoms with van der Waals surface area (Å²) in [5, 5.41) is 10.5. The Kier molecular flexibility index (Phi) is 4.31. The van der Waals surface area contributed by atoms with Crippen molar-refractivity contribution in [3.8, 4) is 0 Å². The van der Waals surface area contributed by atoms with E-state index in [1.54, 1.807) is 0 Å². The Balaban J connectivity index is 1.31. The van der Waals surface area contributed by atoms with Crippen LogP contribution in [0.4, 0.5) is 23.1 Å². The number of hydrogen-bond donors (Lipinski definition) is 3. The molecule has 6 rings (SSSR count). The predicted molar refractivity (Wildman–Crippen MR) is 116 cm³/mol. The molecule has 7 nitrogen and oxygen atoms in total. The van der Waals surface area contributed by atoms with Gasteiger partial charge < -0.3 is 25.8 Å². The van der Waals surface area contributed by atoms with Crippen molar-refractivity contribution in [1.82, 2.24) is 20.6 Å². The van der Waals surface area contributed by atoms with Gasteiger partial charge in [0.2, 0.25) is 5.95 Å². The van der Waals surface area contributed by atoms with Gasteiger partial charge in [-0.3, -0.25) is 0 Å². The second-order valence-corrected chi connectivity index (χ2v) is 9.06. The topological polar surface area (TPSA) is 68.4 Å². The number of hydrogen-bond acceptors (Lipinski definition) is 7. The second-order valence-electron chi connectivity index (χ2n) is 9.06. The molecular formula is C22H29N7. The van der Waals surface area contributed by atoms with Gasteiger partial charge in [0.15, 0.2) is 5.82 Å². The van der Waals surface area contributed by atoms with E-state index in [2.05, 4.69) is 44.1 Å². The minimum atomic E-state index is 0.686. The lowest BCUT2D eigenvalue weighted by molar-refractivity contribution is 0.533. The molecule has 4 atom stereocenters. The average molecular weight is 392 g/mol. The largest absolute Gasteiger partial charge is 0.367 e. The van der Waals surface area contributed by atoms with Crippen LogP contribution in [-0.4, -0.2) is 62.3 Å². The van der Waals surface area contributed by atoms with Crippen molar-refractivity contribution in [2.45, 2.75) is 0 Å². The van der Waals surface area contributed by atoms with E-state index >= 15 is 0 Å². The van der Waals surface area contributed by atoms with E-state index in [0.29, 0.717) is 5.95 Å². The van der Waals surface area contributed by atoms with Crippen LogP contribution in [-0.2, 0) is 0 Å². The summed E-state index contributed by atoms with van der Waals surface area (Å²) in [6.07, 6.45) is 2.05. The molecule has 0 bridgehead atoms. The summed E-state index contributed by atoms with van der Waals surface area (Å²) >= 11 is 0. The number of nitrogens with one attached hydrogen (secondary N) is 3. The summed E-state index contributed by atoms with van der Waals surface area (Å²) in [5.74, 6) is 4.79. The van der Waals surface area contributed by atoms with Crippen molar-refractivity contribution in [3.05, 3.63) is 36.5 Å². The molecule has 0 amide bonds. The molecule has 4 fully saturated rings. The molecule has 29 heavy (non-hydrogen) atoms. The summed E-state index contributed by atoms with van der Waals surface area (Å²) in [6, 6.07) is 10.2. The number of aromatic nitrogens is 2. The molecule has 0 radical (unpaired) electrons. The van der Waals surface area contributed by atoms with Crippen molar-refractivity contribution in [1.29, 1.82) is 0 Å². The molecule has 1 aromatic carbocycles. The number of nitrogens with zero attached hydrogens (tertiary/aromatic N) is 4. The summed E-state index contributed by atoms with van der Waals surface area (Å²) in [4.78, 5) is 14.8. The van der Waals surface area contributed by atoms with E-state index in [1.165, 1.54) is 5.69 Å². The van der Waals surface area contributed by atoms with Gasteiger partial charge in [-0.2, -0.15) is 4.98 Å². The van der Waals surface area contributed by atoms with Gasteiger partial charge in [0.05, 0.1) is 11.9 Å². The zero-order chi connectivity index (χ0) is 19.2. The van der Waals surface area contributed by atoms with Crippen molar-refractivity contribution >= 4 is 23.1 Å². The molecule has 3 N–H and O–H groups in total. The van der Waals surface area contributed by atoms with Crippen LogP contribution < -0.4 is 25.8 Å². The van der Waals surface area contributed by atoms with Crippen molar-refractivity contribution < 1.29 is 0 Å². The lowest BCUT2D eigenvalue weighted by Crippen LogP contribution is -2.31. The molecule has 0 spiro atoms. The van der Waals surface area contributed by atoms with E-state index in [-0.39, 0.29) is 0 Å². The highest BCUT2D eigenvalue weighted by Crippen LogP contribution is 2.39. The Morgan fingerprint density at radius 2 is 1.38 bits per heavy atom. The molecule has 0 saturated carbocycles. The first kappa shape index (κ1) is 17.5. The fraction of sp³-hybridized carbons (Fsp3) is 0.545. The van der Waals surface area contributed by atoms with Crippen LogP contribution in [0.3, 0.4) is 0 Å². The quantitative estimate of drug-likeness (QED) is 0.730. The first-order valence-corrected chi connectivity index (χ1v) is 10.9. The first-order valence-electron chi connectivity index (χ1n) is 10.9. The lowest BCUT2D eigenvalue weighted by Gasteiger charge is -2.27. The molecule has 4 aliphatic heterocycles. The van der Waals surface area contributed by atoms with Gasteiger partial charge in [0.1, 0.15) is 0 Å². The van der Waals surface area contributed by atoms with E-state index in [4.69, 9.17) is 9.97 Å². The fourth-order valence-electron chi connectivity index (χ4n) is 5.61. The highest BCUT2D eigenvalue weighted by atomic mass is 15.3. The van der Waals surface area contributed by atoms with Crippen LogP contribution in [0.5, 0.6) is 0 Å². The second kappa shape index (κ2) is 7.15. The zero-order valence-corrected chi connectivity index (χ0v) is 16.7. The molecule has 0 aliphatic carbocycles. The molecular weight excluding hydrogens is 362 g/mol. The van der Waals surface area contributed by atoms with E-state index in [9.17, 15) is 0 Å². The molecule has 5 heterocycles. The van der Waals surface area contributed by atoms with Crippen molar-refractivity contribution in [3.63, 3.8) is 0 Å². The Morgan fingerprint density at radius 3 is 2.00 bits per heavy atom. The monoisotopic (exact) mass is 391 g/mol. The summed E-state index contributed by atoms with van der Waals surface area (Å²) < 4.78 is 0. The third kappa shape index (κ3) is 3.22. The number of fused-ring (bicyclic) bond motifs is 2. The molecule has 4 unspecified atom stereocenters. The molecule has 2 aromatic rings. The number of anilines is 4. The zero-order valence-electron chi connectivity index (χ0n) is 16.7. The standard InChI is InChI=1S/C22H29N7/c1-2-4-19(5-3-1)26-22-25-10-20(28-11-15-6-23-7-16(15)12-28)21(27-22)29-13-17-8-24-9-18(17)14-29/h1-5,10,15-18,23-24H,6-9,11-14H2,(H,25,26,27). The van der Waals surface area contributed by atoms with Crippen LogP contribution >= 0.6 is 0 Å². The molecule has 1 aromatic heterocycles. The maximum absolute atomic E-state index is 5.04. The average Bonchev–Trinajstić information content (AvgIpc) is 3.49. The summed E-state index contributed by atoms with van der Waals surface area (Å²) in [6.45, 7) is 8.97. The highest BCUT2D eigenvalue weighted by molar-refractivity contribution is 5.70. The van der Waals surface area contributed by atoms with Crippen LogP contribution in [0.2, 0.25) is 0 Å². The number of benzene rings is 1. The first-order chi connectivity index (χ1) is 14.3. The fourth-order valence-corrected chi connectivity index (χ4v) is 5.61. The van der Waals surface area contributed by atoms with E-state index < -0.39 is 0 Å². The van der Waals surface area contributed by atoms with E-state index in [1.807, 2.05) is 18.2 Å². The van der Waals surface area contributed by atoms with Gasteiger partial charge in [-0.05, 0) is 35.8 Å². The highest BCUT2D eigenvalue weighted by Gasteiger charge is 2.40.